The summed E-state index contributed by atoms with van der Waals surface area (Å²) in [6.45, 7) is 12.0. The molecule has 2 aliphatic heterocycles. The van der Waals surface area contributed by atoms with Crippen LogP contribution >= 0.6 is 0 Å². The molecule has 2 heteroatoms. The lowest BCUT2D eigenvalue weighted by Crippen LogP contribution is -2.67. The zero-order valence-corrected chi connectivity index (χ0v) is 19.2. The van der Waals surface area contributed by atoms with Gasteiger partial charge in [-0.05, 0) is 43.5 Å². The summed E-state index contributed by atoms with van der Waals surface area (Å²) in [5.74, 6) is 1.73. The summed E-state index contributed by atoms with van der Waals surface area (Å²) in [5, 5.41) is 0. The van der Waals surface area contributed by atoms with Crippen molar-refractivity contribution in [1.82, 2.24) is 4.57 Å². The summed E-state index contributed by atoms with van der Waals surface area (Å²) in [6.07, 6.45) is 2.20. The predicted molar refractivity (Wildman–Crippen MR) is 128 cm³/mol. The van der Waals surface area contributed by atoms with Crippen molar-refractivity contribution in [3.8, 4) is 17.1 Å². The average molecular weight is 408 g/mol. The molecule has 3 heterocycles. The molecule has 0 saturated carbocycles. The molecule has 0 fully saturated rings. The van der Waals surface area contributed by atoms with E-state index >= 15 is 0 Å². The fourth-order valence-corrected chi connectivity index (χ4v) is 6.66. The Balaban J connectivity index is 1.90. The van der Waals surface area contributed by atoms with E-state index in [1.165, 1.54) is 44.8 Å². The summed E-state index contributed by atoms with van der Waals surface area (Å²) in [6, 6.07) is 25.1. The molecule has 0 spiro atoms. The first-order valence-electron chi connectivity index (χ1n) is 11.8. The third kappa shape index (κ3) is 2.02. The van der Waals surface area contributed by atoms with E-state index in [4.69, 9.17) is 0 Å². The van der Waals surface area contributed by atoms with Crippen molar-refractivity contribution in [3.63, 3.8) is 0 Å². The summed E-state index contributed by atoms with van der Waals surface area (Å²) >= 11 is 0. The number of benzene rings is 3. The number of hydrogen-bond acceptors (Lipinski definition) is 0. The van der Waals surface area contributed by atoms with E-state index in [1.54, 1.807) is 0 Å². The first-order chi connectivity index (χ1) is 15.0. The molecule has 0 bridgehead atoms. The van der Waals surface area contributed by atoms with E-state index < -0.39 is 0 Å². The number of rotatable bonds is 2. The minimum absolute atomic E-state index is 0.0178. The van der Waals surface area contributed by atoms with E-state index in [9.17, 15) is 0 Å². The highest BCUT2D eigenvalue weighted by Gasteiger charge is 2.57. The van der Waals surface area contributed by atoms with Crippen molar-refractivity contribution in [2.24, 2.45) is 0 Å². The first-order valence-corrected chi connectivity index (χ1v) is 11.8. The molecule has 1 aromatic heterocycles. The maximum atomic E-state index is 2.70. The molecule has 3 aromatic carbocycles. The molecular weight excluding hydrogens is 376 g/mol. The monoisotopic (exact) mass is 407 g/mol. The zero-order valence-electron chi connectivity index (χ0n) is 19.2. The maximum absolute atomic E-state index is 2.70. The topological polar surface area (TPSA) is 8.81 Å². The van der Waals surface area contributed by atoms with Gasteiger partial charge >= 0.3 is 0 Å². The molecule has 6 rings (SSSR count). The Kier molecular flexibility index (Phi) is 3.71. The van der Waals surface area contributed by atoms with Gasteiger partial charge in [0.2, 0.25) is 0 Å². The molecule has 0 radical (unpaired) electrons. The average Bonchev–Trinajstić information content (AvgIpc) is 3.17. The molecular formula is C29H31N2+. The second-order valence-electron chi connectivity index (χ2n) is 9.85. The molecule has 0 saturated heterocycles. The van der Waals surface area contributed by atoms with E-state index in [0.29, 0.717) is 5.92 Å². The highest BCUT2D eigenvalue weighted by Crippen LogP contribution is 2.52. The van der Waals surface area contributed by atoms with Gasteiger partial charge in [0.25, 0.3) is 5.82 Å². The Labute approximate surface area is 185 Å². The van der Waals surface area contributed by atoms with Gasteiger partial charge in [0.15, 0.2) is 11.0 Å². The van der Waals surface area contributed by atoms with Crippen LogP contribution in [-0.4, -0.2) is 4.57 Å². The molecule has 0 N–H and O–H groups in total. The smallest absolute Gasteiger partial charge is 0.216 e. The third-order valence-electron chi connectivity index (χ3n) is 8.88. The van der Waals surface area contributed by atoms with Gasteiger partial charge in [0.1, 0.15) is 11.2 Å². The summed E-state index contributed by atoms with van der Waals surface area (Å²) in [7, 11) is 0. The Hall–Kier alpha value is -2.87. The number of para-hydroxylation sites is 2. The number of nitrogens with zero attached hydrogens (tertiary/aromatic N) is 2. The number of aromatic nitrogens is 2. The molecule has 31 heavy (non-hydrogen) atoms. The molecule has 2 aliphatic rings. The van der Waals surface area contributed by atoms with Gasteiger partial charge in [0.05, 0.1) is 5.56 Å². The van der Waals surface area contributed by atoms with Crippen LogP contribution in [0, 0.1) is 0 Å². The van der Waals surface area contributed by atoms with Gasteiger partial charge in [-0.25, -0.2) is 4.57 Å². The molecule has 156 valence electrons. The standard InChI is InChI=1S/C29H31N2/c1-6-28(4)23-16-10-8-14-22(23)27-30-24-17-11-9-13-20(24)19(3)21-15-12-18-25(26(21)30)31(27)29(28,5)7-2/h8-19H,6-7H2,1-5H3/q+1. The largest absolute Gasteiger partial charge is 0.295 e. The van der Waals surface area contributed by atoms with Crippen molar-refractivity contribution < 1.29 is 4.57 Å². The molecule has 0 amide bonds. The maximum Gasteiger partial charge on any atom is 0.295 e. The highest BCUT2D eigenvalue weighted by atomic mass is 15.2. The summed E-state index contributed by atoms with van der Waals surface area (Å²) in [5.41, 5.74) is 9.85. The Morgan fingerprint density at radius 1 is 0.839 bits per heavy atom. The first kappa shape index (κ1) is 18.9. The second kappa shape index (κ2) is 6.09. The van der Waals surface area contributed by atoms with Crippen LogP contribution in [-0.2, 0) is 11.0 Å². The van der Waals surface area contributed by atoms with Crippen molar-refractivity contribution >= 4 is 11.0 Å². The lowest BCUT2D eigenvalue weighted by Gasteiger charge is -2.47. The van der Waals surface area contributed by atoms with Crippen LogP contribution in [0.2, 0.25) is 0 Å². The van der Waals surface area contributed by atoms with Crippen molar-refractivity contribution in [1.29, 1.82) is 0 Å². The Morgan fingerprint density at radius 3 is 2.32 bits per heavy atom. The van der Waals surface area contributed by atoms with Crippen molar-refractivity contribution in [3.05, 3.63) is 83.4 Å². The van der Waals surface area contributed by atoms with Gasteiger partial charge < -0.3 is 0 Å². The Morgan fingerprint density at radius 2 is 1.55 bits per heavy atom. The summed E-state index contributed by atoms with van der Waals surface area (Å²) in [4.78, 5) is 0. The fourth-order valence-electron chi connectivity index (χ4n) is 6.66. The van der Waals surface area contributed by atoms with E-state index in [-0.39, 0.29) is 11.0 Å². The molecule has 2 nitrogen and oxygen atoms in total. The third-order valence-corrected chi connectivity index (χ3v) is 8.88. The zero-order chi connectivity index (χ0) is 21.5. The number of fused-ring (bicyclic) bond motifs is 7. The molecule has 0 aliphatic carbocycles. The molecule has 4 aromatic rings. The van der Waals surface area contributed by atoms with Crippen LogP contribution in [0.5, 0.6) is 0 Å². The van der Waals surface area contributed by atoms with Gasteiger partial charge in [-0.3, -0.25) is 0 Å². The normalized spacial score (nSPS) is 25.8. The van der Waals surface area contributed by atoms with Crippen molar-refractivity contribution in [2.75, 3.05) is 0 Å². The van der Waals surface area contributed by atoms with Gasteiger partial charge in [-0.15, -0.1) is 0 Å². The molecule has 3 unspecified atom stereocenters. The SMILES string of the molecule is CCC1(C)c2ccccc2-c2n3c4c(cccc4[n+]2C1(C)CC)C(C)c1ccccc1-3. The van der Waals surface area contributed by atoms with Crippen LogP contribution in [0.1, 0.15) is 70.1 Å². The lowest BCUT2D eigenvalue weighted by atomic mass is 9.61. The molecule has 3 atom stereocenters. The fraction of sp³-hybridized carbons (Fsp3) is 0.345. The number of hydrogen-bond donors (Lipinski definition) is 0. The van der Waals surface area contributed by atoms with Crippen LogP contribution in [0.4, 0.5) is 0 Å². The minimum atomic E-state index is -0.0178. The van der Waals surface area contributed by atoms with Gasteiger partial charge in [-0.1, -0.05) is 76.2 Å². The predicted octanol–water partition coefficient (Wildman–Crippen LogP) is 6.86. The van der Waals surface area contributed by atoms with Crippen LogP contribution < -0.4 is 4.57 Å². The Bertz CT molecular complexity index is 1360. The van der Waals surface area contributed by atoms with Crippen LogP contribution in [0.25, 0.3) is 28.1 Å². The van der Waals surface area contributed by atoms with Crippen LogP contribution in [0.3, 0.4) is 0 Å². The quantitative estimate of drug-likeness (QED) is 0.321. The highest BCUT2D eigenvalue weighted by molar-refractivity contribution is 5.87. The second-order valence-corrected chi connectivity index (χ2v) is 9.85. The van der Waals surface area contributed by atoms with E-state index in [1.807, 2.05) is 0 Å². The number of imidazole rings is 1. The van der Waals surface area contributed by atoms with Gasteiger partial charge in [0, 0.05) is 22.5 Å². The minimum Gasteiger partial charge on any atom is -0.216 e. The summed E-state index contributed by atoms with van der Waals surface area (Å²) < 4.78 is 5.27. The van der Waals surface area contributed by atoms with Gasteiger partial charge in [-0.2, -0.15) is 4.57 Å². The lowest BCUT2D eigenvalue weighted by molar-refractivity contribution is -0.743. The van der Waals surface area contributed by atoms with E-state index in [2.05, 4.69) is 110 Å². The van der Waals surface area contributed by atoms with E-state index in [0.717, 1.165) is 12.8 Å². The van der Waals surface area contributed by atoms with Crippen LogP contribution in [0.15, 0.2) is 66.7 Å². The van der Waals surface area contributed by atoms with Crippen molar-refractivity contribution in [2.45, 2.75) is 64.3 Å².